The molecule has 2 unspecified atom stereocenters. The minimum Gasteiger partial charge on any atom is -0.443 e. The van der Waals surface area contributed by atoms with E-state index in [0.29, 0.717) is 11.3 Å². The van der Waals surface area contributed by atoms with E-state index in [2.05, 4.69) is 0 Å². The summed E-state index contributed by atoms with van der Waals surface area (Å²) in [5.41, 5.74) is -0.182. The number of anilines is 1. The Morgan fingerprint density at radius 3 is 2.31 bits per heavy atom. The Kier molecular flexibility index (Phi) is 5.12. The van der Waals surface area contributed by atoms with Crippen molar-refractivity contribution < 1.29 is 19.2 Å². The van der Waals surface area contributed by atoms with Crippen molar-refractivity contribution in [2.45, 2.75) is 53.1 Å². The highest BCUT2D eigenvalue weighted by Gasteiger charge is 2.50. The van der Waals surface area contributed by atoms with Crippen LogP contribution < -0.4 is 4.90 Å². The number of para-hydroxylation sites is 1. The van der Waals surface area contributed by atoms with E-state index in [9.17, 15) is 19.7 Å². The third-order valence-corrected chi connectivity index (χ3v) is 4.44. The Morgan fingerprint density at radius 2 is 1.81 bits per heavy atom. The van der Waals surface area contributed by atoms with E-state index in [0.717, 1.165) is 4.90 Å². The largest absolute Gasteiger partial charge is 0.443 e. The van der Waals surface area contributed by atoms with Crippen LogP contribution in [-0.2, 0) is 9.53 Å². The molecule has 7 nitrogen and oxygen atoms in total. The van der Waals surface area contributed by atoms with Gasteiger partial charge in [0.15, 0.2) is 0 Å². The molecular formula is C19H26N2O5. The fourth-order valence-electron chi connectivity index (χ4n) is 3.27. The van der Waals surface area contributed by atoms with Crippen LogP contribution in [0.2, 0.25) is 0 Å². The highest BCUT2D eigenvalue weighted by atomic mass is 16.6. The molecule has 0 bridgehead atoms. The molecule has 1 aliphatic heterocycles. The van der Waals surface area contributed by atoms with Gasteiger partial charge in [0.1, 0.15) is 5.60 Å². The first-order valence-corrected chi connectivity index (χ1v) is 8.60. The number of carbonyl (C=O) groups excluding carboxylic acids is 2. The van der Waals surface area contributed by atoms with Crippen LogP contribution in [0.25, 0.3) is 0 Å². The van der Waals surface area contributed by atoms with Crippen molar-refractivity contribution in [2.24, 2.45) is 11.3 Å². The van der Waals surface area contributed by atoms with E-state index in [1.807, 2.05) is 20.8 Å². The number of imide groups is 1. The van der Waals surface area contributed by atoms with Gasteiger partial charge in [-0.15, -0.1) is 0 Å². The van der Waals surface area contributed by atoms with Crippen molar-refractivity contribution >= 4 is 17.7 Å². The van der Waals surface area contributed by atoms with E-state index >= 15 is 0 Å². The number of fused-ring (bicyclic) bond motifs is 1. The van der Waals surface area contributed by atoms with Gasteiger partial charge in [0.2, 0.25) is 12.5 Å². The van der Waals surface area contributed by atoms with Gasteiger partial charge < -0.3 is 4.74 Å². The van der Waals surface area contributed by atoms with Crippen LogP contribution in [0.4, 0.5) is 10.5 Å². The molecule has 142 valence electrons. The Bertz CT molecular complexity index is 730. The average molecular weight is 362 g/mol. The van der Waals surface area contributed by atoms with Crippen molar-refractivity contribution in [1.29, 1.82) is 0 Å². The van der Waals surface area contributed by atoms with Gasteiger partial charge in [-0.05, 0) is 37.8 Å². The molecule has 0 aromatic heterocycles. The van der Waals surface area contributed by atoms with Crippen molar-refractivity contribution in [3.63, 3.8) is 0 Å². The van der Waals surface area contributed by atoms with Crippen molar-refractivity contribution in [3.05, 3.63) is 39.9 Å². The van der Waals surface area contributed by atoms with Gasteiger partial charge in [0.05, 0.1) is 11.6 Å². The van der Waals surface area contributed by atoms with Crippen molar-refractivity contribution in [3.8, 4) is 0 Å². The first-order chi connectivity index (χ1) is 11.8. The Labute approximate surface area is 153 Å². The predicted octanol–water partition coefficient (Wildman–Crippen LogP) is 3.99. The molecule has 7 heteroatoms. The SMILES string of the molecule is CC(C)(C)OC(=O)N1C(=O)C(C(C[N+](=O)[O-])C(C)(C)C)c2ccccc21. The third kappa shape index (κ3) is 4.03. The smallest absolute Gasteiger partial charge is 0.421 e. The topological polar surface area (TPSA) is 89.8 Å². The summed E-state index contributed by atoms with van der Waals surface area (Å²) in [6, 6.07) is 6.92. The summed E-state index contributed by atoms with van der Waals surface area (Å²) in [7, 11) is 0. The Hall–Kier alpha value is -2.44. The molecular weight excluding hydrogens is 336 g/mol. The standard InChI is InChI=1S/C19H26N2O5/c1-18(2,3)13(11-20(24)25)15-12-9-7-8-10-14(12)21(16(15)22)17(23)26-19(4,5)6/h7-10,13,15H,11H2,1-6H3. The molecule has 26 heavy (non-hydrogen) atoms. The monoisotopic (exact) mass is 362 g/mol. The number of amides is 2. The van der Waals surface area contributed by atoms with Crippen LogP contribution in [0.15, 0.2) is 24.3 Å². The van der Waals surface area contributed by atoms with Crippen LogP contribution in [0.1, 0.15) is 53.0 Å². The maximum atomic E-state index is 13.2. The maximum Gasteiger partial charge on any atom is 0.421 e. The molecule has 0 aliphatic carbocycles. The zero-order valence-corrected chi connectivity index (χ0v) is 16.1. The van der Waals surface area contributed by atoms with Gasteiger partial charge in [0, 0.05) is 10.8 Å². The zero-order chi connectivity index (χ0) is 19.9. The molecule has 1 aromatic carbocycles. The second-order valence-electron chi connectivity index (χ2n) is 8.68. The summed E-state index contributed by atoms with van der Waals surface area (Å²) in [6.45, 7) is 10.4. The van der Waals surface area contributed by atoms with Crippen LogP contribution >= 0.6 is 0 Å². The van der Waals surface area contributed by atoms with E-state index in [1.165, 1.54) is 0 Å². The first-order valence-electron chi connectivity index (χ1n) is 8.60. The molecule has 2 amide bonds. The van der Waals surface area contributed by atoms with E-state index in [-0.39, 0.29) is 6.54 Å². The molecule has 0 spiro atoms. The summed E-state index contributed by atoms with van der Waals surface area (Å²) in [4.78, 5) is 37.6. The average Bonchev–Trinajstić information content (AvgIpc) is 2.73. The highest BCUT2D eigenvalue weighted by Crippen LogP contribution is 2.47. The number of rotatable bonds is 3. The lowest BCUT2D eigenvalue weighted by Crippen LogP contribution is -2.43. The summed E-state index contributed by atoms with van der Waals surface area (Å²) < 4.78 is 5.38. The summed E-state index contributed by atoms with van der Waals surface area (Å²) in [6.07, 6.45) is -0.758. The molecule has 0 saturated carbocycles. The summed E-state index contributed by atoms with van der Waals surface area (Å²) >= 11 is 0. The number of nitro groups is 1. The molecule has 0 N–H and O–H groups in total. The minimum absolute atomic E-state index is 0.351. The lowest BCUT2D eigenvalue weighted by Gasteiger charge is -2.32. The summed E-state index contributed by atoms with van der Waals surface area (Å²) in [5.74, 6) is -1.79. The lowest BCUT2D eigenvalue weighted by atomic mass is 9.71. The van der Waals surface area contributed by atoms with Gasteiger partial charge in [0.25, 0.3) is 0 Å². The van der Waals surface area contributed by atoms with Gasteiger partial charge in [-0.2, -0.15) is 0 Å². The molecule has 1 aliphatic rings. The van der Waals surface area contributed by atoms with Crippen LogP contribution in [0.5, 0.6) is 0 Å². The van der Waals surface area contributed by atoms with Crippen LogP contribution in [0.3, 0.4) is 0 Å². The first kappa shape index (κ1) is 19.9. The molecule has 1 aromatic rings. The van der Waals surface area contributed by atoms with Gasteiger partial charge in [-0.25, -0.2) is 9.69 Å². The Morgan fingerprint density at radius 1 is 1.23 bits per heavy atom. The van der Waals surface area contributed by atoms with Crippen LogP contribution in [-0.4, -0.2) is 29.1 Å². The van der Waals surface area contributed by atoms with Gasteiger partial charge in [-0.1, -0.05) is 39.0 Å². The van der Waals surface area contributed by atoms with Gasteiger partial charge >= 0.3 is 6.09 Å². The summed E-state index contributed by atoms with van der Waals surface area (Å²) in [5, 5.41) is 11.2. The number of nitrogens with zero attached hydrogens (tertiary/aromatic N) is 2. The minimum atomic E-state index is -0.760. The molecule has 1 heterocycles. The quantitative estimate of drug-likeness (QED) is 0.599. The molecule has 0 saturated heterocycles. The second-order valence-corrected chi connectivity index (χ2v) is 8.68. The Balaban J connectivity index is 2.51. The van der Waals surface area contributed by atoms with E-state index < -0.39 is 39.8 Å². The normalized spacial score (nSPS) is 18.5. The number of hydrogen-bond donors (Lipinski definition) is 0. The third-order valence-electron chi connectivity index (χ3n) is 4.44. The highest BCUT2D eigenvalue weighted by molar-refractivity contribution is 6.19. The molecule has 0 fully saturated rings. The number of benzene rings is 1. The fraction of sp³-hybridized carbons (Fsp3) is 0.579. The zero-order valence-electron chi connectivity index (χ0n) is 16.1. The molecule has 0 radical (unpaired) electrons. The fourth-order valence-corrected chi connectivity index (χ4v) is 3.27. The van der Waals surface area contributed by atoms with Crippen LogP contribution in [0, 0.1) is 21.4 Å². The second kappa shape index (κ2) is 6.70. The maximum absolute atomic E-state index is 13.2. The molecule has 2 rings (SSSR count). The van der Waals surface area contributed by atoms with Gasteiger partial charge in [-0.3, -0.25) is 14.9 Å². The molecule has 2 atom stereocenters. The van der Waals surface area contributed by atoms with E-state index in [4.69, 9.17) is 4.74 Å². The predicted molar refractivity (Wildman–Crippen MR) is 97.7 cm³/mol. The van der Waals surface area contributed by atoms with Crippen molar-refractivity contribution in [1.82, 2.24) is 0 Å². The number of ether oxygens (including phenoxy) is 1. The van der Waals surface area contributed by atoms with Crippen molar-refractivity contribution in [2.75, 3.05) is 11.4 Å². The van der Waals surface area contributed by atoms with E-state index in [1.54, 1.807) is 45.0 Å². The number of carbonyl (C=O) groups is 2. The number of hydrogen-bond acceptors (Lipinski definition) is 5. The lowest BCUT2D eigenvalue weighted by molar-refractivity contribution is -0.492.